The first-order valence-corrected chi connectivity index (χ1v) is 8.77. The minimum atomic E-state index is -0.316. The number of benzene rings is 3. The number of nitrogens with one attached hydrogen (secondary N) is 3. The van der Waals surface area contributed by atoms with Crippen LogP contribution in [0.4, 0.5) is 21.9 Å². The summed E-state index contributed by atoms with van der Waals surface area (Å²) >= 11 is 0. The molecule has 0 unspecified atom stereocenters. The van der Waals surface area contributed by atoms with E-state index in [1.807, 2.05) is 86.6 Å². The van der Waals surface area contributed by atoms with Gasteiger partial charge in [0.15, 0.2) is 6.73 Å². The Morgan fingerprint density at radius 3 is 2.22 bits per heavy atom. The molecule has 3 N–H and O–H groups in total. The van der Waals surface area contributed by atoms with E-state index in [4.69, 9.17) is 4.74 Å². The van der Waals surface area contributed by atoms with Crippen molar-refractivity contribution in [1.82, 2.24) is 5.32 Å². The van der Waals surface area contributed by atoms with Gasteiger partial charge in [0.25, 0.3) is 0 Å². The third-order valence-electron chi connectivity index (χ3n) is 4.00. The standard InChI is InChI=1S/C22H23N3O2/c1-16-8-13-21(17(2)14-16)27-15-23-22(26)25-20-11-9-19(10-12-20)24-18-6-4-3-5-7-18/h3-14,24H,15H2,1-2H3,(H2,23,25,26). The van der Waals surface area contributed by atoms with Gasteiger partial charge < -0.3 is 20.7 Å². The van der Waals surface area contributed by atoms with Crippen LogP contribution >= 0.6 is 0 Å². The lowest BCUT2D eigenvalue weighted by Gasteiger charge is -2.12. The monoisotopic (exact) mass is 361 g/mol. The Morgan fingerprint density at radius 1 is 0.852 bits per heavy atom. The molecule has 0 bridgehead atoms. The maximum atomic E-state index is 12.0. The van der Waals surface area contributed by atoms with Crippen molar-refractivity contribution in [2.24, 2.45) is 0 Å². The number of amides is 2. The van der Waals surface area contributed by atoms with Crippen molar-refractivity contribution >= 4 is 23.1 Å². The molecule has 0 saturated carbocycles. The Bertz CT molecular complexity index is 893. The maximum Gasteiger partial charge on any atom is 0.321 e. The SMILES string of the molecule is Cc1ccc(OCNC(=O)Nc2ccc(Nc3ccccc3)cc2)c(C)c1. The van der Waals surface area contributed by atoms with Crippen molar-refractivity contribution in [2.45, 2.75) is 13.8 Å². The number of anilines is 3. The average molecular weight is 361 g/mol. The van der Waals surface area contributed by atoms with E-state index in [1.165, 1.54) is 5.56 Å². The summed E-state index contributed by atoms with van der Waals surface area (Å²) in [5, 5.41) is 8.77. The second-order valence-electron chi connectivity index (χ2n) is 6.26. The van der Waals surface area contributed by atoms with E-state index in [1.54, 1.807) is 0 Å². The molecule has 0 radical (unpaired) electrons. The molecule has 2 amide bonds. The van der Waals surface area contributed by atoms with Gasteiger partial charge in [0, 0.05) is 17.1 Å². The van der Waals surface area contributed by atoms with E-state index >= 15 is 0 Å². The third kappa shape index (κ3) is 5.51. The number of aryl methyl sites for hydroxylation is 2. The first-order valence-electron chi connectivity index (χ1n) is 8.77. The van der Waals surface area contributed by atoms with Crippen LogP contribution in [-0.4, -0.2) is 12.8 Å². The highest BCUT2D eigenvalue weighted by Crippen LogP contribution is 2.19. The van der Waals surface area contributed by atoms with Crippen LogP contribution in [0, 0.1) is 13.8 Å². The highest BCUT2D eigenvalue weighted by molar-refractivity contribution is 5.89. The van der Waals surface area contributed by atoms with E-state index in [0.29, 0.717) is 5.69 Å². The summed E-state index contributed by atoms with van der Waals surface area (Å²) in [6, 6.07) is 23.0. The number of para-hydroxylation sites is 1. The Labute approximate surface area is 159 Å². The molecule has 27 heavy (non-hydrogen) atoms. The van der Waals surface area contributed by atoms with Crippen LogP contribution in [0.2, 0.25) is 0 Å². The van der Waals surface area contributed by atoms with E-state index in [0.717, 1.165) is 22.7 Å². The molecule has 0 saturated heterocycles. The predicted molar refractivity (Wildman–Crippen MR) is 110 cm³/mol. The molecule has 3 aromatic rings. The molecular formula is C22H23N3O2. The zero-order valence-corrected chi connectivity index (χ0v) is 15.5. The largest absolute Gasteiger partial charge is 0.473 e. The number of ether oxygens (including phenoxy) is 1. The normalized spacial score (nSPS) is 10.1. The summed E-state index contributed by atoms with van der Waals surface area (Å²) in [6.07, 6.45) is 0. The molecular weight excluding hydrogens is 338 g/mol. The van der Waals surface area contributed by atoms with E-state index < -0.39 is 0 Å². The second-order valence-corrected chi connectivity index (χ2v) is 6.26. The van der Waals surface area contributed by atoms with Gasteiger partial charge in [-0.25, -0.2) is 4.79 Å². The summed E-state index contributed by atoms with van der Waals surface area (Å²) < 4.78 is 5.60. The molecule has 3 aromatic carbocycles. The molecule has 0 fully saturated rings. The highest BCUT2D eigenvalue weighted by atomic mass is 16.5. The molecule has 5 nitrogen and oxygen atoms in total. The topological polar surface area (TPSA) is 62.4 Å². The minimum absolute atomic E-state index is 0.101. The van der Waals surface area contributed by atoms with Gasteiger partial charge in [0.05, 0.1) is 0 Å². The molecule has 0 spiro atoms. The van der Waals surface area contributed by atoms with Crippen molar-refractivity contribution in [3.63, 3.8) is 0 Å². The van der Waals surface area contributed by atoms with Gasteiger partial charge in [0.2, 0.25) is 0 Å². The van der Waals surface area contributed by atoms with E-state index in [9.17, 15) is 4.79 Å². The fourth-order valence-corrected chi connectivity index (χ4v) is 2.64. The number of rotatable bonds is 6. The summed E-state index contributed by atoms with van der Waals surface area (Å²) in [6.45, 7) is 4.11. The number of carbonyl (C=O) groups excluding carboxylic acids is 1. The van der Waals surface area contributed by atoms with Gasteiger partial charge in [-0.15, -0.1) is 0 Å². The van der Waals surface area contributed by atoms with Crippen molar-refractivity contribution in [2.75, 3.05) is 17.4 Å². The maximum absolute atomic E-state index is 12.0. The molecule has 0 aromatic heterocycles. The predicted octanol–water partition coefficient (Wildman–Crippen LogP) is 5.21. The van der Waals surface area contributed by atoms with Crippen LogP contribution in [0.5, 0.6) is 5.75 Å². The summed E-state index contributed by atoms with van der Waals surface area (Å²) in [7, 11) is 0. The fraction of sp³-hybridized carbons (Fsp3) is 0.136. The first-order chi connectivity index (χ1) is 13.1. The minimum Gasteiger partial charge on any atom is -0.473 e. The van der Waals surface area contributed by atoms with Gasteiger partial charge in [-0.3, -0.25) is 0 Å². The highest BCUT2D eigenvalue weighted by Gasteiger charge is 2.03. The Balaban J connectivity index is 1.46. The summed E-state index contributed by atoms with van der Waals surface area (Å²) in [4.78, 5) is 12.0. The molecule has 0 aliphatic carbocycles. The second kappa shape index (κ2) is 8.76. The molecule has 0 heterocycles. The van der Waals surface area contributed by atoms with E-state index in [2.05, 4.69) is 16.0 Å². The molecule has 3 rings (SSSR count). The van der Waals surface area contributed by atoms with E-state index in [-0.39, 0.29) is 12.8 Å². The molecule has 0 atom stereocenters. The molecule has 0 aliphatic heterocycles. The summed E-state index contributed by atoms with van der Waals surface area (Å²) in [5.74, 6) is 0.761. The third-order valence-corrected chi connectivity index (χ3v) is 4.00. The molecule has 138 valence electrons. The van der Waals surface area contributed by atoms with Crippen molar-refractivity contribution < 1.29 is 9.53 Å². The number of hydrogen-bond donors (Lipinski definition) is 3. The van der Waals surface area contributed by atoms with Gasteiger partial charge in [0.1, 0.15) is 5.75 Å². The van der Waals surface area contributed by atoms with Crippen LogP contribution in [0.25, 0.3) is 0 Å². The van der Waals surface area contributed by atoms with Crippen molar-refractivity contribution in [3.05, 3.63) is 83.9 Å². The van der Waals surface area contributed by atoms with Gasteiger partial charge >= 0.3 is 6.03 Å². The lowest BCUT2D eigenvalue weighted by atomic mass is 10.1. The van der Waals surface area contributed by atoms with Crippen LogP contribution in [-0.2, 0) is 0 Å². The van der Waals surface area contributed by atoms with Crippen LogP contribution in [0.15, 0.2) is 72.8 Å². The van der Waals surface area contributed by atoms with Gasteiger partial charge in [-0.2, -0.15) is 0 Å². The molecule has 0 aliphatic rings. The first kappa shape index (κ1) is 18.3. The number of hydrogen-bond acceptors (Lipinski definition) is 3. The quantitative estimate of drug-likeness (QED) is 0.529. The van der Waals surface area contributed by atoms with Crippen LogP contribution in [0.3, 0.4) is 0 Å². The van der Waals surface area contributed by atoms with Crippen LogP contribution in [0.1, 0.15) is 11.1 Å². The smallest absolute Gasteiger partial charge is 0.321 e. The van der Waals surface area contributed by atoms with Gasteiger partial charge in [-0.1, -0.05) is 35.9 Å². The lowest BCUT2D eigenvalue weighted by molar-refractivity contribution is 0.234. The molecule has 5 heteroatoms. The number of urea groups is 1. The number of carbonyl (C=O) groups is 1. The van der Waals surface area contributed by atoms with Crippen molar-refractivity contribution in [3.8, 4) is 5.75 Å². The van der Waals surface area contributed by atoms with Crippen molar-refractivity contribution in [1.29, 1.82) is 0 Å². The zero-order valence-electron chi connectivity index (χ0n) is 15.5. The fourth-order valence-electron chi connectivity index (χ4n) is 2.64. The Hall–Kier alpha value is -3.47. The Morgan fingerprint density at radius 2 is 1.52 bits per heavy atom. The Kier molecular flexibility index (Phi) is 5.94. The average Bonchev–Trinajstić information content (AvgIpc) is 2.66. The van der Waals surface area contributed by atoms with Crippen LogP contribution < -0.4 is 20.7 Å². The van der Waals surface area contributed by atoms with Gasteiger partial charge in [-0.05, 0) is 61.9 Å². The lowest BCUT2D eigenvalue weighted by Crippen LogP contribution is -2.32. The zero-order chi connectivity index (χ0) is 19.1. The summed E-state index contributed by atoms with van der Waals surface area (Å²) in [5.41, 5.74) is 4.89.